The maximum Gasteiger partial charge on any atom is 0.170 e. The first-order chi connectivity index (χ1) is 5.83. The Morgan fingerprint density at radius 1 is 1.58 bits per heavy atom. The molecular formula is C8H8FN3. The molecule has 2 rings (SSSR count). The van der Waals surface area contributed by atoms with E-state index >= 15 is 0 Å². The number of rotatable bonds is 1. The summed E-state index contributed by atoms with van der Waals surface area (Å²) in [6.45, 7) is 0.126. The molecule has 0 radical (unpaired) electrons. The van der Waals surface area contributed by atoms with Gasteiger partial charge in [0.05, 0.1) is 11.2 Å². The maximum atomic E-state index is 13.3. The van der Waals surface area contributed by atoms with Gasteiger partial charge in [-0.1, -0.05) is 0 Å². The third-order valence-electron chi connectivity index (χ3n) is 1.80. The van der Waals surface area contributed by atoms with Gasteiger partial charge in [0.15, 0.2) is 5.82 Å². The molecule has 0 amide bonds. The largest absolute Gasteiger partial charge is 0.359 e. The van der Waals surface area contributed by atoms with Gasteiger partial charge < -0.3 is 10.7 Å². The highest BCUT2D eigenvalue weighted by Gasteiger charge is 2.07. The number of nitrogens with zero attached hydrogens (tertiary/aromatic N) is 1. The Morgan fingerprint density at radius 2 is 2.42 bits per heavy atom. The third-order valence-corrected chi connectivity index (χ3v) is 1.80. The van der Waals surface area contributed by atoms with Crippen molar-refractivity contribution in [1.29, 1.82) is 0 Å². The fourth-order valence-corrected chi connectivity index (χ4v) is 1.17. The number of aromatic amines is 1. The van der Waals surface area contributed by atoms with Crippen molar-refractivity contribution >= 4 is 10.9 Å². The molecule has 2 aromatic rings. The Kier molecular flexibility index (Phi) is 1.55. The van der Waals surface area contributed by atoms with Crippen molar-refractivity contribution in [3.05, 3.63) is 30.0 Å². The molecule has 0 saturated heterocycles. The summed E-state index contributed by atoms with van der Waals surface area (Å²) in [6.07, 6.45) is 3.28. The van der Waals surface area contributed by atoms with Gasteiger partial charge in [-0.05, 0) is 6.07 Å². The average molecular weight is 165 g/mol. The number of hydrogen-bond donors (Lipinski definition) is 2. The highest BCUT2D eigenvalue weighted by molar-refractivity contribution is 5.79. The van der Waals surface area contributed by atoms with Crippen LogP contribution in [0.25, 0.3) is 10.9 Å². The molecule has 0 aliphatic heterocycles. The number of aromatic nitrogens is 2. The number of hydrogen-bond acceptors (Lipinski definition) is 2. The van der Waals surface area contributed by atoms with Gasteiger partial charge in [-0.3, -0.25) is 4.98 Å². The highest BCUT2D eigenvalue weighted by Crippen LogP contribution is 2.16. The van der Waals surface area contributed by atoms with Gasteiger partial charge in [0.2, 0.25) is 0 Å². The van der Waals surface area contributed by atoms with Gasteiger partial charge in [0.1, 0.15) is 0 Å². The van der Waals surface area contributed by atoms with E-state index in [1.807, 2.05) is 0 Å². The predicted octanol–water partition coefficient (Wildman–Crippen LogP) is 1.16. The number of pyridine rings is 1. The second-order valence-corrected chi connectivity index (χ2v) is 2.53. The van der Waals surface area contributed by atoms with Crippen LogP contribution in [0.4, 0.5) is 4.39 Å². The molecule has 0 atom stereocenters. The van der Waals surface area contributed by atoms with Crippen molar-refractivity contribution in [3.8, 4) is 0 Å². The van der Waals surface area contributed by atoms with Crippen LogP contribution in [0, 0.1) is 5.82 Å². The number of nitrogens with one attached hydrogen (secondary N) is 1. The van der Waals surface area contributed by atoms with Gasteiger partial charge in [-0.15, -0.1) is 0 Å². The van der Waals surface area contributed by atoms with Crippen molar-refractivity contribution in [3.63, 3.8) is 0 Å². The molecule has 0 saturated carbocycles. The molecule has 4 heteroatoms. The SMILES string of the molecule is NCc1ncc2cc[nH]c2c1F. The van der Waals surface area contributed by atoms with Crippen LogP contribution in [0.3, 0.4) is 0 Å². The first-order valence-electron chi connectivity index (χ1n) is 3.63. The Hall–Kier alpha value is -1.42. The normalized spacial score (nSPS) is 10.8. The Labute approximate surface area is 68.4 Å². The minimum Gasteiger partial charge on any atom is -0.359 e. The molecule has 0 bridgehead atoms. The van der Waals surface area contributed by atoms with Gasteiger partial charge >= 0.3 is 0 Å². The first-order valence-corrected chi connectivity index (χ1v) is 3.63. The number of H-pyrrole nitrogens is 1. The van der Waals surface area contributed by atoms with Gasteiger partial charge in [-0.25, -0.2) is 4.39 Å². The molecule has 0 fully saturated rings. The Balaban J connectivity index is 2.78. The third kappa shape index (κ3) is 0.887. The molecule has 0 aromatic carbocycles. The molecule has 0 spiro atoms. The van der Waals surface area contributed by atoms with E-state index in [0.29, 0.717) is 11.2 Å². The van der Waals surface area contributed by atoms with E-state index in [9.17, 15) is 4.39 Å². The van der Waals surface area contributed by atoms with Crippen LogP contribution >= 0.6 is 0 Å². The van der Waals surface area contributed by atoms with Crippen LogP contribution in [-0.4, -0.2) is 9.97 Å². The Bertz CT molecular complexity index is 408. The average Bonchev–Trinajstić information content (AvgIpc) is 2.53. The van der Waals surface area contributed by atoms with Crippen molar-refractivity contribution < 1.29 is 4.39 Å². The smallest absolute Gasteiger partial charge is 0.170 e. The van der Waals surface area contributed by atoms with Crippen LogP contribution in [0.5, 0.6) is 0 Å². The highest BCUT2D eigenvalue weighted by atomic mass is 19.1. The lowest BCUT2D eigenvalue weighted by Crippen LogP contribution is -2.02. The summed E-state index contributed by atoms with van der Waals surface area (Å²) < 4.78 is 13.3. The van der Waals surface area contributed by atoms with Crippen molar-refractivity contribution in [2.45, 2.75) is 6.54 Å². The second-order valence-electron chi connectivity index (χ2n) is 2.53. The lowest BCUT2D eigenvalue weighted by atomic mass is 10.2. The van der Waals surface area contributed by atoms with Crippen LogP contribution in [-0.2, 0) is 6.54 Å². The summed E-state index contributed by atoms with van der Waals surface area (Å²) in [5.41, 5.74) is 6.07. The molecule has 2 aromatic heterocycles. The van der Waals surface area contributed by atoms with Crippen LogP contribution in [0.15, 0.2) is 18.5 Å². The van der Waals surface area contributed by atoms with Gasteiger partial charge in [0.25, 0.3) is 0 Å². The summed E-state index contributed by atoms with van der Waals surface area (Å²) in [5, 5.41) is 0.768. The lowest BCUT2D eigenvalue weighted by Gasteiger charge is -1.98. The van der Waals surface area contributed by atoms with E-state index in [1.54, 1.807) is 18.5 Å². The van der Waals surface area contributed by atoms with Gasteiger partial charge in [0, 0.05) is 24.3 Å². The summed E-state index contributed by atoms with van der Waals surface area (Å²) in [7, 11) is 0. The van der Waals surface area contributed by atoms with Crippen LogP contribution in [0.1, 0.15) is 5.69 Å². The molecule has 2 heterocycles. The zero-order chi connectivity index (χ0) is 8.55. The number of halogens is 1. The van der Waals surface area contributed by atoms with Crippen molar-refractivity contribution in [1.82, 2.24) is 9.97 Å². The molecule has 12 heavy (non-hydrogen) atoms. The minimum absolute atomic E-state index is 0.126. The zero-order valence-corrected chi connectivity index (χ0v) is 6.34. The fourth-order valence-electron chi connectivity index (χ4n) is 1.17. The molecule has 0 aliphatic rings. The van der Waals surface area contributed by atoms with E-state index in [-0.39, 0.29) is 12.4 Å². The molecule has 3 N–H and O–H groups in total. The van der Waals surface area contributed by atoms with Crippen LogP contribution < -0.4 is 5.73 Å². The van der Waals surface area contributed by atoms with Crippen LogP contribution in [0.2, 0.25) is 0 Å². The number of fused-ring (bicyclic) bond motifs is 1. The fraction of sp³-hybridized carbons (Fsp3) is 0.125. The summed E-state index contributed by atoms with van der Waals surface area (Å²) in [6, 6.07) is 1.77. The monoisotopic (exact) mass is 165 g/mol. The second kappa shape index (κ2) is 2.57. The molecule has 0 unspecified atom stereocenters. The van der Waals surface area contributed by atoms with E-state index in [2.05, 4.69) is 9.97 Å². The standard InChI is InChI=1S/C8H8FN3/c9-7-6(3-10)12-4-5-1-2-11-8(5)7/h1-2,4,11H,3,10H2. The molecule has 3 nitrogen and oxygen atoms in total. The summed E-state index contributed by atoms with van der Waals surface area (Å²) >= 11 is 0. The predicted molar refractivity (Wildman–Crippen MR) is 43.9 cm³/mol. The quantitative estimate of drug-likeness (QED) is 0.666. The molecule has 0 aliphatic carbocycles. The van der Waals surface area contributed by atoms with E-state index in [4.69, 9.17) is 5.73 Å². The van der Waals surface area contributed by atoms with Gasteiger partial charge in [-0.2, -0.15) is 0 Å². The molecule has 62 valence electrons. The minimum atomic E-state index is -0.347. The first kappa shape index (κ1) is 7.24. The van der Waals surface area contributed by atoms with Crippen molar-refractivity contribution in [2.24, 2.45) is 5.73 Å². The maximum absolute atomic E-state index is 13.3. The summed E-state index contributed by atoms with van der Waals surface area (Å²) in [5.74, 6) is -0.347. The molecular weight excluding hydrogens is 157 g/mol. The number of nitrogens with two attached hydrogens (primary N) is 1. The van der Waals surface area contributed by atoms with E-state index in [1.165, 1.54) is 0 Å². The lowest BCUT2D eigenvalue weighted by molar-refractivity contribution is 0.610. The summed E-state index contributed by atoms with van der Waals surface area (Å²) in [4.78, 5) is 6.67. The van der Waals surface area contributed by atoms with Crippen molar-refractivity contribution in [2.75, 3.05) is 0 Å². The Morgan fingerprint density at radius 3 is 3.17 bits per heavy atom. The zero-order valence-electron chi connectivity index (χ0n) is 6.34. The van der Waals surface area contributed by atoms with E-state index in [0.717, 1.165) is 5.39 Å². The van der Waals surface area contributed by atoms with E-state index < -0.39 is 0 Å². The topological polar surface area (TPSA) is 54.7 Å².